The molecule has 92 valence electrons. The van der Waals surface area contributed by atoms with E-state index in [1.807, 2.05) is 36.4 Å². The summed E-state index contributed by atoms with van der Waals surface area (Å²) in [5, 5.41) is 0. The maximum atomic E-state index is 11.8. The molecule has 2 nitrogen and oxygen atoms in total. The van der Waals surface area contributed by atoms with Crippen LogP contribution in [0.4, 0.5) is 0 Å². The summed E-state index contributed by atoms with van der Waals surface area (Å²) in [4.78, 5) is 11.8. The first kappa shape index (κ1) is 13.3. The standard InChI is InChI=1S/C14H10Br2O2/c15-11-6-10(7-12(16)9-11)8-14(17)18-13-4-2-1-3-5-13/h1-7,9H,8H2. The lowest BCUT2D eigenvalue weighted by Gasteiger charge is -2.05. The van der Waals surface area contributed by atoms with Gasteiger partial charge in [-0.3, -0.25) is 4.79 Å². The maximum absolute atomic E-state index is 11.8. The van der Waals surface area contributed by atoms with Crippen molar-refractivity contribution in [3.8, 4) is 5.75 Å². The topological polar surface area (TPSA) is 26.3 Å². The molecule has 0 aliphatic heterocycles. The van der Waals surface area contributed by atoms with Gasteiger partial charge in [0.05, 0.1) is 6.42 Å². The zero-order valence-electron chi connectivity index (χ0n) is 9.40. The van der Waals surface area contributed by atoms with Crippen molar-refractivity contribution in [3.05, 3.63) is 63.0 Å². The molecule has 0 heterocycles. The number of halogens is 2. The summed E-state index contributed by atoms with van der Waals surface area (Å²) >= 11 is 6.78. The van der Waals surface area contributed by atoms with Crippen molar-refractivity contribution in [1.82, 2.24) is 0 Å². The van der Waals surface area contributed by atoms with E-state index in [0.29, 0.717) is 5.75 Å². The monoisotopic (exact) mass is 368 g/mol. The summed E-state index contributed by atoms with van der Waals surface area (Å²) in [6, 6.07) is 14.8. The van der Waals surface area contributed by atoms with Gasteiger partial charge in [-0.25, -0.2) is 0 Å². The molecule has 0 saturated heterocycles. The molecule has 0 atom stereocenters. The SMILES string of the molecule is O=C(Cc1cc(Br)cc(Br)c1)Oc1ccccc1. The van der Waals surface area contributed by atoms with Crippen LogP contribution < -0.4 is 4.74 Å². The van der Waals surface area contributed by atoms with Crippen molar-refractivity contribution < 1.29 is 9.53 Å². The highest BCUT2D eigenvalue weighted by Crippen LogP contribution is 2.21. The Kier molecular flexibility index (Phi) is 4.55. The van der Waals surface area contributed by atoms with Crippen molar-refractivity contribution in [3.63, 3.8) is 0 Å². The Hall–Kier alpha value is -1.13. The minimum Gasteiger partial charge on any atom is -0.426 e. The van der Waals surface area contributed by atoms with Crippen LogP contribution in [0.25, 0.3) is 0 Å². The molecule has 0 fully saturated rings. The van der Waals surface area contributed by atoms with Gasteiger partial charge in [0.2, 0.25) is 0 Å². The van der Waals surface area contributed by atoms with Gasteiger partial charge in [0, 0.05) is 8.95 Å². The Bertz CT molecular complexity index is 533. The van der Waals surface area contributed by atoms with Gasteiger partial charge in [-0.2, -0.15) is 0 Å². The van der Waals surface area contributed by atoms with E-state index >= 15 is 0 Å². The zero-order valence-corrected chi connectivity index (χ0v) is 12.6. The molecule has 0 spiro atoms. The average Bonchev–Trinajstić information content (AvgIpc) is 2.28. The quantitative estimate of drug-likeness (QED) is 0.593. The van der Waals surface area contributed by atoms with Crippen molar-refractivity contribution in [2.45, 2.75) is 6.42 Å². The first-order valence-electron chi connectivity index (χ1n) is 5.34. The Morgan fingerprint density at radius 2 is 1.61 bits per heavy atom. The zero-order chi connectivity index (χ0) is 13.0. The van der Waals surface area contributed by atoms with Gasteiger partial charge in [0.25, 0.3) is 0 Å². The third-order valence-electron chi connectivity index (χ3n) is 2.25. The van der Waals surface area contributed by atoms with Crippen LogP contribution >= 0.6 is 31.9 Å². The number of ether oxygens (including phenoxy) is 1. The molecule has 4 heteroatoms. The van der Waals surface area contributed by atoms with Crippen molar-refractivity contribution in [2.24, 2.45) is 0 Å². The van der Waals surface area contributed by atoms with Crippen LogP contribution in [0.15, 0.2) is 57.5 Å². The van der Waals surface area contributed by atoms with E-state index in [4.69, 9.17) is 4.74 Å². The second kappa shape index (κ2) is 6.16. The highest BCUT2D eigenvalue weighted by atomic mass is 79.9. The fourth-order valence-electron chi connectivity index (χ4n) is 1.54. The molecule has 0 radical (unpaired) electrons. The molecule has 0 aliphatic rings. The van der Waals surface area contributed by atoms with Gasteiger partial charge >= 0.3 is 5.97 Å². The summed E-state index contributed by atoms with van der Waals surface area (Å²) in [5.74, 6) is 0.294. The minimum atomic E-state index is -0.272. The number of para-hydroxylation sites is 1. The molecule has 2 rings (SSSR count). The lowest BCUT2D eigenvalue weighted by Crippen LogP contribution is -2.11. The van der Waals surface area contributed by atoms with Gasteiger partial charge in [-0.15, -0.1) is 0 Å². The number of esters is 1. The fourth-order valence-corrected chi connectivity index (χ4v) is 2.92. The Labute approximate surface area is 122 Å². The molecule has 0 amide bonds. The van der Waals surface area contributed by atoms with Gasteiger partial charge in [-0.05, 0) is 35.9 Å². The summed E-state index contributed by atoms with van der Waals surface area (Å²) in [6.45, 7) is 0. The minimum absolute atomic E-state index is 0.243. The van der Waals surface area contributed by atoms with Gasteiger partial charge < -0.3 is 4.74 Å². The molecule has 0 aliphatic carbocycles. The number of carbonyl (C=O) groups is 1. The molecule has 2 aromatic carbocycles. The van der Waals surface area contributed by atoms with Crippen LogP contribution in [0, 0.1) is 0 Å². The number of rotatable bonds is 3. The highest BCUT2D eigenvalue weighted by Gasteiger charge is 2.07. The predicted molar refractivity (Wildman–Crippen MR) is 77.6 cm³/mol. The van der Waals surface area contributed by atoms with E-state index in [1.165, 1.54) is 0 Å². The Morgan fingerprint density at radius 1 is 1.00 bits per heavy atom. The molecular formula is C14H10Br2O2. The predicted octanol–water partition coefficient (Wildman–Crippen LogP) is 4.36. The number of benzene rings is 2. The van der Waals surface area contributed by atoms with Gasteiger partial charge in [0.15, 0.2) is 0 Å². The molecule has 2 aromatic rings. The van der Waals surface area contributed by atoms with Crippen LogP contribution in [0.3, 0.4) is 0 Å². The third kappa shape index (κ3) is 3.96. The van der Waals surface area contributed by atoms with Crippen LogP contribution in [0.1, 0.15) is 5.56 Å². The van der Waals surface area contributed by atoms with E-state index in [2.05, 4.69) is 31.9 Å². The van der Waals surface area contributed by atoms with Crippen molar-refractivity contribution >= 4 is 37.8 Å². The van der Waals surface area contributed by atoms with Gasteiger partial charge in [-0.1, -0.05) is 50.1 Å². The first-order chi connectivity index (χ1) is 8.63. The van der Waals surface area contributed by atoms with Crippen LogP contribution in [-0.2, 0) is 11.2 Å². The summed E-state index contributed by atoms with van der Waals surface area (Å²) < 4.78 is 7.09. The molecule has 0 aromatic heterocycles. The second-order valence-electron chi connectivity index (χ2n) is 3.74. The van der Waals surface area contributed by atoms with Crippen LogP contribution in [-0.4, -0.2) is 5.97 Å². The maximum Gasteiger partial charge on any atom is 0.315 e. The summed E-state index contributed by atoms with van der Waals surface area (Å²) in [6.07, 6.45) is 0.243. The summed E-state index contributed by atoms with van der Waals surface area (Å²) in [7, 11) is 0. The largest absolute Gasteiger partial charge is 0.426 e. The average molecular weight is 370 g/mol. The third-order valence-corrected chi connectivity index (χ3v) is 3.16. The normalized spacial score (nSPS) is 10.1. The molecule has 18 heavy (non-hydrogen) atoms. The fraction of sp³-hybridized carbons (Fsp3) is 0.0714. The number of hydrogen-bond donors (Lipinski definition) is 0. The highest BCUT2D eigenvalue weighted by molar-refractivity contribution is 9.11. The molecule has 0 N–H and O–H groups in total. The molecule has 0 saturated carbocycles. The van der Waals surface area contributed by atoms with Crippen LogP contribution in [0.2, 0.25) is 0 Å². The first-order valence-corrected chi connectivity index (χ1v) is 6.93. The molecule has 0 unspecified atom stereocenters. The smallest absolute Gasteiger partial charge is 0.315 e. The number of hydrogen-bond acceptors (Lipinski definition) is 2. The van der Waals surface area contributed by atoms with E-state index in [-0.39, 0.29) is 12.4 Å². The Balaban J connectivity index is 2.03. The van der Waals surface area contributed by atoms with Crippen LogP contribution in [0.5, 0.6) is 5.75 Å². The number of carbonyl (C=O) groups excluding carboxylic acids is 1. The summed E-state index contributed by atoms with van der Waals surface area (Å²) in [5.41, 5.74) is 0.900. The van der Waals surface area contributed by atoms with E-state index < -0.39 is 0 Å². The van der Waals surface area contributed by atoms with Crippen molar-refractivity contribution in [2.75, 3.05) is 0 Å². The lowest BCUT2D eigenvalue weighted by atomic mass is 10.1. The lowest BCUT2D eigenvalue weighted by molar-refractivity contribution is -0.133. The van der Waals surface area contributed by atoms with Gasteiger partial charge in [0.1, 0.15) is 5.75 Å². The van der Waals surface area contributed by atoms with Crippen molar-refractivity contribution in [1.29, 1.82) is 0 Å². The molecular weight excluding hydrogens is 360 g/mol. The Morgan fingerprint density at radius 3 is 2.22 bits per heavy atom. The van der Waals surface area contributed by atoms with E-state index in [0.717, 1.165) is 14.5 Å². The second-order valence-corrected chi connectivity index (χ2v) is 5.57. The van der Waals surface area contributed by atoms with E-state index in [1.54, 1.807) is 12.1 Å². The molecule has 0 bridgehead atoms. The van der Waals surface area contributed by atoms with E-state index in [9.17, 15) is 4.79 Å².